The molecular formula is C15H16BrNO. The number of aryl methyl sites for hydroxylation is 1. The Labute approximate surface area is 116 Å². The van der Waals surface area contributed by atoms with Crippen molar-refractivity contribution in [2.75, 3.05) is 12.3 Å². The Morgan fingerprint density at radius 2 is 1.94 bits per heavy atom. The molecule has 18 heavy (non-hydrogen) atoms. The number of hydrogen-bond acceptors (Lipinski definition) is 2. The van der Waals surface area contributed by atoms with E-state index in [0.717, 1.165) is 33.5 Å². The van der Waals surface area contributed by atoms with Crippen LogP contribution in [0.1, 0.15) is 11.1 Å². The van der Waals surface area contributed by atoms with Gasteiger partial charge in [0.2, 0.25) is 0 Å². The van der Waals surface area contributed by atoms with Gasteiger partial charge in [0.05, 0.1) is 6.61 Å². The molecule has 0 radical (unpaired) electrons. The molecular weight excluding hydrogens is 290 g/mol. The van der Waals surface area contributed by atoms with Crippen molar-refractivity contribution in [3.05, 3.63) is 58.1 Å². The highest BCUT2D eigenvalue weighted by Gasteiger charge is 2.02. The molecule has 0 aliphatic carbocycles. The maximum atomic E-state index is 5.89. The van der Waals surface area contributed by atoms with Gasteiger partial charge in [-0.1, -0.05) is 40.2 Å². The normalized spacial score (nSPS) is 10.3. The topological polar surface area (TPSA) is 35.2 Å². The molecule has 0 amide bonds. The molecule has 0 atom stereocenters. The molecule has 3 heteroatoms. The summed E-state index contributed by atoms with van der Waals surface area (Å²) < 4.78 is 6.82. The van der Waals surface area contributed by atoms with Crippen molar-refractivity contribution in [3.8, 4) is 5.75 Å². The highest BCUT2D eigenvalue weighted by molar-refractivity contribution is 9.10. The largest absolute Gasteiger partial charge is 0.493 e. The maximum absolute atomic E-state index is 5.89. The fraction of sp³-hybridized carbons (Fsp3) is 0.200. The Hall–Kier alpha value is -1.48. The summed E-state index contributed by atoms with van der Waals surface area (Å²) in [5.41, 5.74) is 8.98. The standard InChI is InChI=1S/C15H16BrNO/c1-11-6-7-13(16)10-15(11)18-9-8-12-4-2-3-5-14(12)17/h2-7,10H,8-9,17H2,1H3. The lowest BCUT2D eigenvalue weighted by Crippen LogP contribution is -2.04. The number of nitrogen functional groups attached to an aromatic ring is 1. The molecule has 0 unspecified atom stereocenters. The number of anilines is 1. The molecule has 2 rings (SSSR count). The molecule has 2 aromatic rings. The fourth-order valence-electron chi connectivity index (χ4n) is 1.76. The van der Waals surface area contributed by atoms with Crippen LogP contribution in [0.25, 0.3) is 0 Å². The third kappa shape index (κ3) is 3.26. The first kappa shape index (κ1) is 13.0. The van der Waals surface area contributed by atoms with Gasteiger partial charge < -0.3 is 10.5 Å². The minimum absolute atomic E-state index is 0.630. The van der Waals surface area contributed by atoms with Gasteiger partial charge in [-0.3, -0.25) is 0 Å². The van der Waals surface area contributed by atoms with Crippen LogP contribution in [0.3, 0.4) is 0 Å². The number of para-hydroxylation sites is 1. The van der Waals surface area contributed by atoms with Gasteiger partial charge in [-0.15, -0.1) is 0 Å². The Kier molecular flexibility index (Phi) is 4.26. The molecule has 0 aromatic heterocycles. The van der Waals surface area contributed by atoms with E-state index in [4.69, 9.17) is 10.5 Å². The molecule has 0 bridgehead atoms. The first-order valence-corrected chi connectivity index (χ1v) is 6.68. The third-order valence-electron chi connectivity index (χ3n) is 2.83. The molecule has 0 heterocycles. The minimum Gasteiger partial charge on any atom is -0.493 e. The second-order valence-corrected chi connectivity index (χ2v) is 5.12. The van der Waals surface area contributed by atoms with Gasteiger partial charge in [0.25, 0.3) is 0 Å². The van der Waals surface area contributed by atoms with Gasteiger partial charge in [-0.2, -0.15) is 0 Å². The van der Waals surface area contributed by atoms with Crippen molar-refractivity contribution in [2.24, 2.45) is 0 Å². The van der Waals surface area contributed by atoms with E-state index in [1.54, 1.807) is 0 Å². The van der Waals surface area contributed by atoms with Crippen LogP contribution in [-0.2, 0) is 6.42 Å². The summed E-state index contributed by atoms with van der Waals surface area (Å²) in [5, 5.41) is 0. The lowest BCUT2D eigenvalue weighted by Gasteiger charge is -2.10. The van der Waals surface area contributed by atoms with E-state index < -0.39 is 0 Å². The van der Waals surface area contributed by atoms with Gasteiger partial charge in [0.15, 0.2) is 0 Å². The molecule has 0 aliphatic rings. The number of rotatable bonds is 4. The number of hydrogen-bond donors (Lipinski definition) is 1. The molecule has 0 fully saturated rings. The van der Waals surface area contributed by atoms with E-state index in [9.17, 15) is 0 Å². The van der Waals surface area contributed by atoms with Crippen LogP contribution in [0.4, 0.5) is 5.69 Å². The van der Waals surface area contributed by atoms with E-state index in [2.05, 4.69) is 15.9 Å². The molecule has 2 aromatic carbocycles. The summed E-state index contributed by atoms with van der Waals surface area (Å²) in [6.07, 6.45) is 0.818. The van der Waals surface area contributed by atoms with E-state index >= 15 is 0 Å². The molecule has 2 N–H and O–H groups in total. The third-order valence-corrected chi connectivity index (χ3v) is 3.33. The van der Waals surface area contributed by atoms with Gasteiger partial charge in [0, 0.05) is 16.6 Å². The summed E-state index contributed by atoms with van der Waals surface area (Å²) in [4.78, 5) is 0. The molecule has 0 spiro atoms. The van der Waals surface area contributed by atoms with Crippen LogP contribution in [-0.4, -0.2) is 6.61 Å². The van der Waals surface area contributed by atoms with Gasteiger partial charge in [-0.05, 0) is 36.2 Å². The van der Waals surface area contributed by atoms with E-state index in [1.165, 1.54) is 0 Å². The Balaban J connectivity index is 1.96. The van der Waals surface area contributed by atoms with Crippen molar-refractivity contribution in [2.45, 2.75) is 13.3 Å². The van der Waals surface area contributed by atoms with E-state index in [1.807, 2.05) is 49.4 Å². The first-order chi connectivity index (χ1) is 8.66. The van der Waals surface area contributed by atoms with Crippen molar-refractivity contribution in [3.63, 3.8) is 0 Å². The van der Waals surface area contributed by atoms with Crippen LogP contribution in [0.2, 0.25) is 0 Å². The van der Waals surface area contributed by atoms with Gasteiger partial charge in [-0.25, -0.2) is 0 Å². The minimum atomic E-state index is 0.630. The monoisotopic (exact) mass is 305 g/mol. The van der Waals surface area contributed by atoms with Crippen LogP contribution in [0.5, 0.6) is 5.75 Å². The van der Waals surface area contributed by atoms with Crippen molar-refractivity contribution in [1.29, 1.82) is 0 Å². The van der Waals surface area contributed by atoms with Gasteiger partial charge >= 0.3 is 0 Å². The summed E-state index contributed by atoms with van der Waals surface area (Å²) in [5.74, 6) is 0.916. The van der Waals surface area contributed by atoms with E-state index in [-0.39, 0.29) is 0 Å². The Morgan fingerprint density at radius 1 is 1.17 bits per heavy atom. The summed E-state index contributed by atoms with van der Waals surface area (Å²) in [6, 6.07) is 13.9. The predicted molar refractivity (Wildman–Crippen MR) is 78.9 cm³/mol. The average molecular weight is 306 g/mol. The zero-order chi connectivity index (χ0) is 13.0. The van der Waals surface area contributed by atoms with Crippen molar-refractivity contribution >= 4 is 21.6 Å². The number of nitrogens with two attached hydrogens (primary N) is 1. The zero-order valence-electron chi connectivity index (χ0n) is 10.3. The quantitative estimate of drug-likeness (QED) is 0.868. The second kappa shape index (κ2) is 5.91. The Morgan fingerprint density at radius 3 is 2.72 bits per heavy atom. The molecule has 0 saturated carbocycles. The molecule has 0 aliphatic heterocycles. The number of benzene rings is 2. The average Bonchev–Trinajstić information content (AvgIpc) is 2.36. The lowest BCUT2D eigenvalue weighted by molar-refractivity contribution is 0.320. The van der Waals surface area contributed by atoms with E-state index in [0.29, 0.717) is 6.61 Å². The Bertz CT molecular complexity index is 540. The van der Waals surface area contributed by atoms with Crippen LogP contribution >= 0.6 is 15.9 Å². The van der Waals surface area contributed by atoms with Crippen LogP contribution < -0.4 is 10.5 Å². The second-order valence-electron chi connectivity index (χ2n) is 4.21. The van der Waals surface area contributed by atoms with Crippen molar-refractivity contribution < 1.29 is 4.74 Å². The highest BCUT2D eigenvalue weighted by Crippen LogP contribution is 2.23. The SMILES string of the molecule is Cc1ccc(Br)cc1OCCc1ccccc1N. The number of ether oxygens (including phenoxy) is 1. The smallest absolute Gasteiger partial charge is 0.123 e. The zero-order valence-corrected chi connectivity index (χ0v) is 11.9. The fourth-order valence-corrected chi connectivity index (χ4v) is 2.10. The highest BCUT2D eigenvalue weighted by atomic mass is 79.9. The van der Waals surface area contributed by atoms with Crippen LogP contribution in [0.15, 0.2) is 46.9 Å². The first-order valence-electron chi connectivity index (χ1n) is 5.89. The summed E-state index contributed by atoms with van der Waals surface area (Å²) in [7, 11) is 0. The summed E-state index contributed by atoms with van der Waals surface area (Å²) in [6.45, 7) is 2.67. The van der Waals surface area contributed by atoms with Gasteiger partial charge in [0.1, 0.15) is 5.75 Å². The molecule has 94 valence electrons. The lowest BCUT2D eigenvalue weighted by atomic mass is 10.1. The molecule has 2 nitrogen and oxygen atoms in total. The predicted octanol–water partition coefficient (Wildman–Crippen LogP) is 3.96. The summed E-state index contributed by atoms with van der Waals surface area (Å²) >= 11 is 3.44. The van der Waals surface area contributed by atoms with Crippen LogP contribution in [0, 0.1) is 6.92 Å². The van der Waals surface area contributed by atoms with Crippen molar-refractivity contribution in [1.82, 2.24) is 0 Å². The number of halogens is 1. The maximum Gasteiger partial charge on any atom is 0.123 e. The molecule has 0 saturated heterocycles.